The summed E-state index contributed by atoms with van der Waals surface area (Å²) in [5.74, 6) is -0.502. The van der Waals surface area contributed by atoms with Crippen LogP contribution in [0.15, 0.2) is 29.1 Å². The summed E-state index contributed by atoms with van der Waals surface area (Å²) < 4.78 is 17.9. The van der Waals surface area contributed by atoms with E-state index in [9.17, 15) is 19.4 Å². The van der Waals surface area contributed by atoms with Crippen LogP contribution in [0.2, 0.25) is 0 Å². The lowest BCUT2D eigenvalue weighted by molar-refractivity contribution is 0.283. The molecule has 1 unspecified atom stereocenters. The third-order valence-corrected chi connectivity index (χ3v) is 4.42. The summed E-state index contributed by atoms with van der Waals surface area (Å²) in [7, 11) is -2.86. The normalized spacial score (nSPS) is 14.5. The summed E-state index contributed by atoms with van der Waals surface area (Å²) in [5, 5.41) is 9.83. The molecule has 0 aliphatic rings. The molecule has 2 rings (SSSR count). The first-order chi connectivity index (χ1) is 8.90. The molecule has 0 radical (unpaired) electrons. The average Bonchev–Trinajstić information content (AvgIpc) is 2.36. The highest BCUT2D eigenvalue weighted by atomic mass is 31.2. The van der Waals surface area contributed by atoms with E-state index in [1.54, 1.807) is 24.3 Å². The summed E-state index contributed by atoms with van der Waals surface area (Å²) in [6.45, 7) is 1.49. The number of aromatic hydroxyl groups is 1. The molecule has 0 aliphatic heterocycles. The summed E-state index contributed by atoms with van der Waals surface area (Å²) >= 11 is 0. The van der Waals surface area contributed by atoms with Crippen molar-refractivity contribution in [3.63, 3.8) is 0 Å². The van der Waals surface area contributed by atoms with E-state index < -0.39 is 24.2 Å². The molecule has 0 amide bonds. The van der Waals surface area contributed by atoms with E-state index in [0.717, 1.165) is 0 Å². The fourth-order valence-corrected chi connectivity index (χ4v) is 3.22. The average molecular weight is 283 g/mol. The first kappa shape index (κ1) is 13.8. The van der Waals surface area contributed by atoms with Gasteiger partial charge in [-0.15, -0.1) is 0 Å². The lowest BCUT2D eigenvalue weighted by Gasteiger charge is -2.15. The van der Waals surface area contributed by atoms with Crippen LogP contribution in [0.5, 0.6) is 5.75 Å². The summed E-state index contributed by atoms with van der Waals surface area (Å²) in [4.78, 5) is 21.9. The number of para-hydroxylation sites is 1. The molecule has 1 aromatic carbocycles. The van der Waals surface area contributed by atoms with E-state index in [4.69, 9.17) is 4.52 Å². The second-order valence-corrected chi connectivity index (χ2v) is 5.76. The monoisotopic (exact) mass is 283 g/mol. The van der Waals surface area contributed by atoms with Crippen molar-refractivity contribution in [3.05, 3.63) is 34.6 Å². The van der Waals surface area contributed by atoms with Gasteiger partial charge in [0.15, 0.2) is 5.30 Å². The van der Waals surface area contributed by atoms with Crippen molar-refractivity contribution in [2.45, 2.75) is 6.92 Å². The summed E-state index contributed by atoms with van der Waals surface area (Å²) in [6.07, 6.45) is 0. The number of benzene rings is 1. The molecule has 19 heavy (non-hydrogen) atoms. The molecule has 0 aliphatic carbocycles. The molecule has 0 bridgehead atoms. The Hall–Kier alpha value is -1.62. The minimum Gasteiger partial charge on any atom is -0.506 e. The van der Waals surface area contributed by atoms with E-state index in [-0.39, 0.29) is 6.61 Å². The highest BCUT2D eigenvalue weighted by Gasteiger charge is 2.32. The van der Waals surface area contributed by atoms with E-state index in [0.29, 0.717) is 10.9 Å². The van der Waals surface area contributed by atoms with Crippen LogP contribution < -0.4 is 10.9 Å². The topological polar surface area (TPSA) is 88.8 Å². The van der Waals surface area contributed by atoms with Gasteiger partial charge in [0.05, 0.1) is 12.1 Å². The van der Waals surface area contributed by atoms with Gasteiger partial charge in [0.2, 0.25) is 0 Å². The molecule has 6 nitrogen and oxygen atoms in total. The molecule has 2 N–H and O–H groups in total. The maximum absolute atomic E-state index is 12.1. The number of fused-ring (bicyclic) bond motifs is 1. The Balaban J connectivity index is 2.91. The zero-order chi connectivity index (χ0) is 14.2. The number of aryl methyl sites for hydroxylation is 1. The Morgan fingerprint density at radius 3 is 2.63 bits per heavy atom. The minimum atomic E-state index is -4.33. The lowest BCUT2D eigenvalue weighted by atomic mass is 10.2. The van der Waals surface area contributed by atoms with Crippen LogP contribution in [-0.2, 0) is 16.1 Å². The Morgan fingerprint density at radius 1 is 1.37 bits per heavy atom. The number of rotatable bonds is 3. The fourth-order valence-electron chi connectivity index (χ4n) is 1.96. The van der Waals surface area contributed by atoms with Crippen LogP contribution in [0.3, 0.4) is 0 Å². The smallest absolute Gasteiger partial charge is 0.368 e. The van der Waals surface area contributed by atoms with E-state index in [2.05, 4.69) is 0 Å². The maximum Gasteiger partial charge on any atom is 0.368 e. The van der Waals surface area contributed by atoms with E-state index in [1.807, 2.05) is 0 Å². The van der Waals surface area contributed by atoms with Crippen molar-refractivity contribution in [1.29, 1.82) is 0 Å². The number of aromatic nitrogens is 1. The highest BCUT2D eigenvalue weighted by Crippen LogP contribution is 2.43. The fraction of sp³-hybridized carbons (Fsp3) is 0.250. The predicted molar refractivity (Wildman–Crippen MR) is 71.9 cm³/mol. The second kappa shape index (κ2) is 4.81. The molecule has 7 heteroatoms. The van der Waals surface area contributed by atoms with Gasteiger partial charge in [0, 0.05) is 12.4 Å². The molecule has 0 saturated heterocycles. The number of pyridine rings is 1. The van der Waals surface area contributed by atoms with Gasteiger partial charge < -0.3 is 19.1 Å². The van der Waals surface area contributed by atoms with Crippen molar-refractivity contribution < 1.29 is 19.1 Å². The van der Waals surface area contributed by atoms with Gasteiger partial charge in [-0.2, -0.15) is 0 Å². The van der Waals surface area contributed by atoms with Crippen LogP contribution in [0.1, 0.15) is 6.92 Å². The van der Waals surface area contributed by atoms with Gasteiger partial charge >= 0.3 is 7.60 Å². The molecule has 1 heterocycles. The Morgan fingerprint density at radius 2 is 2.00 bits per heavy atom. The van der Waals surface area contributed by atoms with Crippen molar-refractivity contribution >= 4 is 23.8 Å². The van der Waals surface area contributed by atoms with Gasteiger partial charge in [-0.1, -0.05) is 12.1 Å². The number of hydrogen-bond acceptors (Lipinski definition) is 4. The van der Waals surface area contributed by atoms with Gasteiger partial charge in [0.1, 0.15) is 5.75 Å². The Bertz CT molecular complexity index is 737. The summed E-state index contributed by atoms with van der Waals surface area (Å²) in [6, 6.07) is 6.59. The SMILES string of the molecule is CCOP(=O)(O)c1c(O)c2ccccc2n(C)c1=O. The van der Waals surface area contributed by atoms with Crippen molar-refractivity contribution in [2.24, 2.45) is 7.05 Å². The largest absolute Gasteiger partial charge is 0.506 e. The molecule has 2 aromatic rings. The van der Waals surface area contributed by atoms with Crippen molar-refractivity contribution in [1.82, 2.24) is 4.57 Å². The Labute approximate surface area is 109 Å². The van der Waals surface area contributed by atoms with Gasteiger partial charge in [-0.05, 0) is 19.1 Å². The first-order valence-electron chi connectivity index (χ1n) is 5.68. The van der Waals surface area contributed by atoms with Crippen LogP contribution in [0.4, 0.5) is 0 Å². The molecule has 0 fully saturated rings. The number of nitrogens with zero attached hydrogens (tertiary/aromatic N) is 1. The number of hydrogen-bond donors (Lipinski definition) is 2. The molecular weight excluding hydrogens is 269 g/mol. The van der Waals surface area contributed by atoms with Crippen molar-refractivity contribution in [2.75, 3.05) is 6.61 Å². The molecule has 0 spiro atoms. The third kappa shape index (κ3) is 2.18. The molecule has 1 aromatic heterocycles. The zero-order valence-corrected chi connectivity index (χ0v) is 11.4. The highest BCUT2D eigenvalue weighted by molar-refractivity contribution is 7.61. The van der Waals surface area contributed by atoms with Crippen LogP contribution in [-0.4, -0.2) is 21.2 Å². The van der Waals surface area contributed by atoms with Gasteiger partial charge in [-0.3, -0.25) is 9.36 Å². The van der Waals surface area contributed by atoms with E-state index in [1.165, 1.54) is 18.5 Å². The van der Waals surface area contributed by atoms with Crippen LogP contribution in [0.25, 0.3) is 10.9 Å². The second-order valence-electron chi connectivity index (χ2n) is 4.02. The maximum atomic E-state index is 12.1. The van der Waals surface area contributed by atoms with E-state index >= 15 is 0 Å². The molecule has 102 valence electrons. The van der Waals surface area contributed by atoms with Crippen LogP contribution in [0, 0.1) is 0 Å². The predicted octanol–water partition coefficient (Wildman–Crippen LogP) is 1.09. The minimum absolute atomic E-state index is 0.0385. The van der Waals surface area contributed by atoms with Gasteiger partial charge in [-0.25, -0.2) is 0 Å². The molecule has 1 atom stereocenters. The molecular formula is C12H14NO5P. The standard InChI is InChI=1S/C12H14NO5P/c1-3-18-19(16,17)11-10(14)8-6-4-5-7-9(8)13(2)12(11)15/h4-7,14H,3H2,1-2H3,(H,16,17). The summed E-state index contributed by atoms with van der Waals surface area (Å²) in [5.41, 5.74) is -0.263. The Kier molecular flexibility index (Phi) is 3.49. The molecule has 0 saturated carbocycles. The lowest BCUT2D eigenvalue weighted by Crippen LogP contribution is -2.33. The zero-order valence-electron chi connectivity index (χ0n) is 10.5. The van der Waals surface area contributed by atoms with Crippen molar-refractivity contribution in [3.8, 4) is 5.75 Å². The van der Waals surface area contributed by atoms with Gasteiger partial charge in [0.25, 0.3) is 5.56 Å². The quantitative estimate of drug-likeness (QED) is 0.823. The first-order valence-corrected chi connectivity index (χ1v) is 7.26. The third-order valence-electron chi connectivity index (χ3n) is 2.84. The van der Waals surface area contributed by atoms with Crippen LogP contribution >= 0.6 is 7.60 Å².